The molecule has 0 saturated carbocycles. The molecule has 0 unspecified atom stereocenters. The molecule has 130 valence electrons. The largest absolute Gasteiger partial charge is 0.446 e. The smallest absolute Gasteiger partial charge is 0.269 e. The third-order valence-corrected chi connectivity index (χ3v) is 4.07. The fourth-order valence-corrected chi connectivity index (χ4v) is 2.88. The monoisotopic (exact) mass is 386 g/mol. The van der Waals surface area contributed by atoms with E-state index in [0.717, 1.165) is 28.5 Å². The lowest BCUT2D eigenvalue weighted by Crippen LogP contribution is -2.24. The summed E-state index contributed by atoms with van der Waals surface area (Å²) >= 11 is 0.483. The van der Waals surface area contributed by atoms with Gasteiger partial charge in [-0.25, -0.2) is 4.98 Å². The van der Waals surface area contributed by atoms with Gasteiger partial charge in [0.05, 0.1) is 5.69 Å². The Morgan fingerprint density at radius 3 is 2.08 bits per heavy atom. The Bertz CT molecular complexity index is 783. The number of alkyl halides is 6. The van der Waals surface area contributed by atoms with Crippen LogP contribution < -0.4 is 5.56 Å². The van der Waals surface area contributed by atoms with Crippen LogP contribution in [0, 0.1) is 0 Å². The molecule has 0 aliphatic heterocycles. The molecule has 0 aliphatic rings. The van der Waals surface area contributed by atoms with Crippen molar-refractivity contribution in [3.8, 4) is 5.69 Å². The minimum atomic E-state index is -4.77. The van der Waals surface area contributed by atoms with E-state index in [9.17, 15) is 31.1 Å². The van der Waals surface area contributed by atoms with Gasteiger partial charge >= 0.3 is 11.7 Å². The zero-order valence-corrected chi connectivity index (χ0v) is 13.4. The first-order valence-corrected chi connectivity index (χ1v) is 8.17. The van der Waals surface area contributed by atoms with Gasteiger partial charge in [0, 0.05) is 11.0 Å². The summed E-state index contributed by atoms with van der Waals surface area (Å²) in [6, 6.07) is 5.02. The maximum absolute atomic E-state index is 12.7. The average Bonchev–Trinajstić information content (AvgIpc) is 2.45. The second-order valence-corrected chi connectivity index (χ2v) is 6.25. The highest BCUT2D eigenvalue weighted by Crippen LogP contribution is 2.37. The Morgan fingerprint density at radius 1 is 1.04 bits per heavy atom. The maximum Gasteiger partial charge on any atom is 0.446 e. The van der Waals surface area contributed by atoms with Crippen molar-refractivity contribution in [2.75, 3.05) is 6.26 Å². The van der Waals surface area contributed by atoms with Gasteiger partial charge in [-0.05, 0) is 42.3 Å². The molecular formula is C13H8F6N2OS2. The topological polar surface area (TPSA) is 34.9 Å². The van der Waals surface area contributed by atoms with Crippen LogP contribution in [0.1, 0.15) is 5.69 Å². The molecule has 1 aromatic carbocycles. The van der Waals surface area contributed by atoms with E-state index in [0.29, 0.717) is 6.07 Å². The van der Waals surface area contributed by atoms with Crippen LogP contribution in [0.3, 0.4) is 0 Å². The van der Waals surface area contributed by atoms with Gasteiger partial charge in [0.2, 0.25) is 0 Å². The van der Waals surface area contributed by atoms with Crippen LogP contribution >= 0.6 is 23.5 Å². The molecule has 0 amide bonds. The lowest BCUT2D eigenvalue weighted by Gasteiger charge is -2.13. The molecule has 0 spiro atoms. The standard InChI is InChI=1S/C13H8F6N2OS2/c1-23-11-20-9(12(14,15)16)6-10(22)21(11)7-2-4-8(5-3-7)24-13(17,18)19/h2-6H,1H3. The number of aromatic nitrogens is 2. The van der Waals surface area contributed by atoms with Crippen LogP contribution in [0.5, 0.6) is 0 Å². The van der Waals surface area contributed by atoms with Gasteiger partial charge < -0.3 is 0 Å². The fraction of sp³-hybridized carbons (Fsp3) is 0.231. The Morgan fingerprint density at radius 2 is 1.62 bits per heavy atom. The molecule has 24 heavy (non-hydrogen) atoms. The molecule has 0 bridgehead atoms. The van der Waals surface area contributed by atoms with Crippen molar-refractivity contribution < 1.29 is 26.3 Å². The van der Waals surface area contributed by atoms with E-state index in [1.54, 1.807) is 0 Å². The molecule has 2 aromatic rings. The molecule has 0 aliphatic carbocycles. The van der Waals surface area contributed by atoms with Crippen LogP contribution in [0.2, 0.25) is 0 Å². The summed E-state index contributed by atoms with van der Waals surface area (Å²) in [5, 5.41) is -0.217. The van der Waals surface area contributed by atoms with E-state index in [1.807, 2.05) is 0 Å². The molecule has 1 heterocycles. The number of thioether (sulfide) groups is 2. The van der Waals surface area contributed by atoms with E-state index >= 15 is 0 Å². The number of nitrogens with zero attached hydrogens (tertiary/aromatic N) is 2. The summed E-state index contributed by atoms with van der Waals surface area (Å²) in [6.45, 7) is 0. The van der Waals surface area contributed by atoms with E-state index in [-0.39, 0.29) is 27.5 Å². The molecule has 11 heteroatoms. The van der Waals surface area contributed by atoms with Gasteiger partial charge in [-0.15, -0.1) is 0 Å². The van der Waals surface area contributed by atoms with Gasteiger partial charge in [-0.3, -0.25) is 9.36 Å². The van der Waals surface area contributed by atoms with Crippen LogP contribution in [-0.4, -0.2) is 21.3 Å². The summed E-state index contributed by atoms with van der Waals surface area (Å²) in [6.07, 6.45) is -3.33. The van der Waals surface area contributed by atoms with Gasteiger partial charge in [0.1, 0.15) is 0 Å². The lowest BCUT2D eigenvalue weighted by molar-refractivity contribution is -0.141. The van der Waals surface area contributed by atoms with Crippen molar-refractivity contribution >= 4 is 23.5 Å². The second-order valence-electron chi connectivity index (χ2n) is 4.34. The number of hydrogen-bond donors (Lipinski definition) is 0. The first-order valence-electron chi connectivity index (χ1n) is 6.13. The molecule has 0 atom stereocenters. The van der Waals surface area contributed by atoms with Crippen LogP contribution in [0.4, 0.5) is 26.3 Å². The summed E-state index contributed by atoms with van der Waals surface area (Å²) < 4.78 is 75.9. The summed E-state index contributed by atoms with van der Waals surface area (Å²) in [7, 11) is 0. The van der Waals surface area contributed by atoms with Crippen molar-refractivity contribution in [2.24, 2.45) is 0 Å². The molecule has 0 radical (unpaired) electrons. The molecule has 2 rings (SSSR count). The molecule has 0 saturated heterocycles. The Labute approximate surface area is 140 Å². The van der Waals surface area contributed by atoms with Crippen LogP contribution in [-0.2, 0) is 6.18 Å². The van der Waals surface area contributed by atoms with E-state index in [4.69, 9.17) is 0 Å². The zero-order valence-electron chi connectivity index (χ0n) is 11.8. The maximum atomic E-state index is 12.7. The van der Waals surface area contributed by atoms with Gasteiger partial charge in [0.25, 0.3) is 5.56 Å². The third-order valence-electron chi connectivity index (χ3n) is 2.69. The molecule has 3 nitrogen and oxygen atoms in total. The average molecular weight is 386 g/mol. The predicted molar refractivity (Wildman–Crippen MR) is 78.5 cm³/mol. The Kier molecular flexibility index (Phi) is 5.23. The van der Waals surface area contributed by atoms with Gasteiger partial charge in [-0.1, -0.05) is 11.8 Å². The summed E-state index contributed by atoms with van der Waals surface area (Å²) in [5.74, 6) is 0. The molecule has 0 fully saturated rings. The van der Waals surface area contributed by atoms with Crippen LogP contribution in [0.25, 0.3) is 5.69 Å². The van der Waals surface area contributed by atoms with E-state index in [1.165, 1.54) is 18.4 Å². The number of hydrogen-bond acceptors (Lipinski definition) is 4. The summed E-state index contributed by atoms with van der Waals surface area (Å²) in [5.41, 5.74) is -6.63. The predicted octanol–water partition coefficient (Wildman–Crippen LogP) is 4.59. The van der Waals surface area contributed by atoms with E-state index < -0.39 is 22.9 Å². The van der Waals surface area contributed by atoms with Crippen molar-refractivity contribution in [1.29, 1.82) is 0 Å². The SMILES string of the molecule is CSc1nc(C(F)(F)F)cc(=O)n1-c1ccc(SC(F)(F)F)cc1. The highest BCUT2D eigenvalue weighted by atomic mass is 32.2. The normalized spacial score (nSPS) is 12.5. The summed E-state index contributed by atoms with van der Waals surface area (Å²) in [4.78, 5) is 15.3. The second kappa shape index (κ2) is 6.71. The minimum Gasteiger partial charge on any atom is -0.269 e. The lowest BCUT2D eigenvalue weighted by atomic mass is 10.3. The van der Waals surface area contributed by atoms with E-state index in [2.05, 4.69) is 4.98 Å². The first-order chi connectivity index (χ1) is 11.0. The number of benzene rings is 1. The first kappa shape index (κ1) is 18.7. The van der Waals surface area contributed by atoms with Gasteiger partial charge in [0.15, 0.2) is 10.9 Å². The van der Waals surface area contributed by atoms with Crippen molar-refractivity contribution in [2.45, 2.75) is 21.7 Å². The number of rotatable bonds is 3. The number of halogens is 6. The Balaban J connectivity index is 2.47. The molecular weight excluding hydrogens is 378 g/mol. The highest BCUT2D eigenvalue weighted by molar-refractivity contribution is 8.00. The quantitative estimate of drug-likeness (QED) is 0.439. The van der Waals surface area contributed by atoms with Crippen molar-refractivity contribution in [3.05, 3.63) is 46.4 Å². The zero-order chi connectivity index (χ0) is 18.1. The molecule has 1 aromatic heterocycles. The van der Waals surface area contributed by atoms with Crippen molar-refractivity contribution in [3.63, 3.8) is 0 Å². The van der Waals surface area contributed by atoms with Crippen molar-refractivity contribution in [1.82, 2.24) is 9.55 Å². The highest BCUT2D eigenvalue weighted by Gasteiger charge is 2.34. The fourth-order valence-electron chi connectivity index (χ4n) is 1.78. The van der Waals surface area contributed by atoms with Crippen LogP contribution in [0.15, 0.2) is 45.2 Å². The Hall–Kier alpha value is -1.62. The van der Waals surface area contributed by atoms with Gasteiger partial charge in [-0.2, -0.15) is 26.3 Å². The minimum absolute atomic E-state index is 0.107. The third kappa shape index (κ3) is 4.47. The molecule has 0 N–H and O–H groups in total.